The van der Waals surface area contributed by atoms with E-state index >= 15 is 0 Å². The Kier molecular flexibility index (Phi) is 4.90. The average Bonchev–Trinajstić information content (AvgIpc) is 2.37. The number of nitrogens with zero attached hydrogens (tertiary/aromatic N) is 1. The highest BCUT2D eigenvalue weighted by atomic mass is 32.2. The van der Waals surface area contributed by atoms with E-state index in [0.717, 1.165) is 10.4 Å². The maximum atomic E-state index is 12.2. The molecule has 6 nitrogen and oxygen atoms in total. The number of carbonyl (C=O) groups is 1. The van der Waals surface area contributed by atoms with E-state index in [1.54, 1.807) is 6.92 Å². The molecule has 0 amide bonds. The smallest absolute Gasteiger partial charge is 0.309 e. The summed E-state index contributed by atoms with van der Waals surface area (Å²) in [6.45, 7) is 1.59. The lowest BCUT2D eigenvalue weighted by molar-refractivity contribution is -0.144. The first kappa shape index (κ1) is 15.5. The van der Waals surface area contributed by atoms with Crippen LogP contribution in [0.15, 0.2) is 29.2 Å². The van der Waals surface area contributed by atoms with Gasteiger partial charge in [-0.05, 0) is 18.2 Å². The monoisotopic (exact) mass is 287 g/mol. The van der Waals surface area contributed by atoms with Crippen LogP contribution in [0.1, 0.15) is 6.92 Å². The van der Waals surface area contributed by atoms with E-state index in [0.29, 0.717) is 0 Å². The molecule has 1 aromatic carbocycles. The fourth-order valence-corrected chi connectivity index (χ4v) is 2.88. The van der Waals surface area contributed by atoms with Crippen molar-refractivity contribution < 1.29 is 23.1 Å². The van der Waals surface area contributed by atoms with E-state index in [4.69, 9.17) is 0 Å². The van der Waals surface area contributed by atoms with Gasteiger partial charge in [-0.2, -0.15) is 0 Å². The molecule has 1 rings (SSSR count). The summed E-state index contributed by atoms with van der Waals surface area (Å²) in [5, 5.41) is 9.31. The number of benzene rings is 1. The van der Waals surface area contributed by atoms with Crippen LogP contribution in [0.4, 0.5) is 0 Å². The van der Waals surface area contributed by atoms with Crippen LogP contribution in [0.5, 0.6) is 5.75 Å². The summed E-state index contributed by atoms with van der Waals surface area (Å²) in [6.07, 6.45) is 0. The molecule has 0 aliphatic rings. The highest BCUT2D eigenvalue weighted by Crippen LogP contribution is 2.19. The Hall–Kier alpha value is -1.60. The maximum Gasteiger partial charge on any atom is 0.309 e. The summed E-state index contributed by atoms with van der Waals surface area (Å²) in [4.78, 5) is 11.3. The first-order valence-electron chi connectivity index (χ1n) is 5.62. The van der Waals surface area contributed by atoms with Gasteiger partial charge in [-0.25, -0.2) is 12.7 Å². The van der Waals surface area contributed by atoms with E-state index in [9.17, 15) is 18.3 Å². The maximum absolute atomic E-state index is 12.2. The Labute approximate surface area is 112 Å². The number of rotatable bonds is 5. The zero-order valence-electron chi connectivity index (χ0n) is 11.0. The first-order valence-corrected chi connectivity index (χ1v) is 7.06. The normalized spacial score (nSPS) is 13.3. The minimum absolute atomic E-state index is 0.00463. The van der Waals surface area contributed by atoms with Gasteiger partial charge in [0.15, 0.2) is 0 Å². The zero-order valence-corrected chi connectivity index (χ0v) is 11.8. The lowest BCUT2D eigenvalue weighted by Crippen LogP contribution is -2.34. The summed E-state index contributed by atoms with van der Waals surface area (Å²) in [5.41, 5.74) is 0. The van der Waals surface area contributed by atoms with Gasteiger partial charge < -0.3 is 9.84 Å². The van der Waals surface area contributed by atoms with Crippen molar-refractivity contribution in [2.45, 2.75) is 11.8 Å². The van der Waals surface area contributed by atoms with Crippen LogP contribution in [0.25, 0.3) is 0 Å². The number of carbonyl (C=O) groups excluding carboxylic acids is 1. The molecule has 19 heavy (non-hydrogen) atoms. The topological polar surface area (TPSA) is 83.9 Å². The van der Waals surface area contributed by atoms with Crippen molar-refractivity contribution in [3.05, 3.63) is 24.3 Å². The number of hydrogen-bond donors (Lipinski definition) is 1. The summed E-state index contributed by atoms with van der Waals surface area (Å²) >= 11 is 0. The summed E-state index contributed by atoms with van der Waals surface area (Å²) < 4.78 is 30.0. The van der Waals surface area contributed by atoms with Crippen LogP contribution in [0, 0.1) is 5.92 Å². The molecule has 7 heteroatoms. The predicted molar refractivity (Wildman–Crippen MR) is 69.1 cm³/mol. The molecule has 0 spiro atoms. The molecule has 0 radical (unpaired) electrons. The molecule has 1 unspecified atom stereocenters. The second-order valence-corrected chi connectivity index (χ2v) is 6.25. The lowest BCUT2D eigenvalue weighted by Gasteiger charge is -2.20. The van der Waals surface area contributed by atoms with Gasteiger partial charge in [-0.3, -0.25) is 4.79 Å². The molecular formula is C12H17NO5S. The number of aromatic hydroxyl groups is 1. The van der Waals surface area contributed by atoms with Crippen molar-refractivity contribution in [2.75, 3.05) is 20.7 Å². The summed E-state index contributed by atoms with van der Waals surface area (Å²) in [5.74, 6) is -1.17. The van der Waals surface area contributed by atoms with Crippen molar-refractivity contribution in [3.8, 4) is 5.75 Å². The van der Waals surface area contributed by atoms with Crippen LogP contribution >= 0.6 is 0 Å². The van der Waals surface area contributed by atoms with Gasteiger partial charge in [0.2, 0.25) is 10.0 Å². The summed E-state index contributed by atoms with van der Waals surface area (Å²) in [6, 6.07) is 5.37. The number of sulfonamides is 1. The predicted octanol–water partition coefficient (Wildman–Crippen LogP) is 0.822. The van der Waals surface area contributed by atoms with Crippen molar-refractivity contribution in [2.24, 2.45) is 5.92 Å². The Morgan fingerprint density at radius 2 is 2.11 bits per heavy atom. The molecule has 0 aliphatic carbocycles. The van der Waals surface area contributed by atoms with Crippen molar-refractivity contribution in [1.82, 2.24) is 4.31 Å². The Balaban J connectivity index is 2.92. The highest BCUT2D eigenvalue weighted by Gasteiger charge is 2.25. The van der Waals surface area contributed by atoms with Crippen LogP contribution in [0.2, 0.25) is 0 Å². The largest absolute Gasteiger partial charge is 0.508 e. The first-order chi connectivity index (χ1) is 8.78. The standard InChI is InChI=1S/C12H17NO5S/c1-9(12(15)18-3)8-13(2)19(16,17)11-6-4-5-10(14)7-11/h4-7,9,14H,8H2,1-3H3. The van der Waals surface area contributed by atoms with Gasteiger partial charge >= 0.3 is 5.97 Å². The second-order valence-electron chi connectivity index (χ2n) is 4.21. The molecule has 0 saturated heterocycles. The van der Waals surface area contributed by atoms with Crippen molar-refractivity contribution >= 4 is 16.0 Å². The van der Waals surface area contributed by atoms with E-state index in [2.05, 4.69) is 4.74 Å². The molecule has 1 atom stereocenters. The van der Waals surface area contributed by atoms with Crippen LogP contribution in [-0.4, -0.2) is 44.5 Å². The molecule has 0 saturated carbocycles. The van der Waals surface area contributed by atoms with Crippen LogP contribution < -0.4 is 0 Å². The van der Waals surface area contributed by atoms with Crippen LogP contribution in [-0.2, 0) is 19.6 Å². The van der Waals surface area contributed by atoms with Gasteiger partial charge in [-0.15, -0.1) is 0 Å². The highest BCUT2D eigenvalue weighted by molar-refractivity contribution is 7.89. The van der Waals surface area contributed by atoms with Gasteiger partial charge in [0.1, 0.15) is 5.75 Å². The number of methoxy groups -OCH3 is 1. The lowest BCUT2D eigenvalue weighted by atomic mass is 10.2. The Morgan fingerprint density at radius 3 is 2.63 bits per heavy atom. The van der Waals surface area contributed by atoms with E-state index < -0.39 is 21.9 Å². The van der Waals surface area contributed by atoms with E-state index in [1.165, 1.54) is 32.4 Å². The van der Waals surface area contributed by atoms with Gasteiger partial charge in [-0.1, -0.05) is 13.0 Å². The number of hydrogen-bond acceptors (Lipinski definition) is 5. The Morgan fingerprint density at radius 1 is 1.47 bits per heavy atom. The van der Waals surface area contributed by atoms with Crippen LogP contribution in [0.3, 0.4) is 0 Å². The number of ether oxygens (including phenoxy) is 1. The second kappa shape index (κ2) is 6.03. The minimum atomic E-state index is -3.73. The van der Waals surface area contributed by atoms with Crippen molar-refractivity contribution in [1.29, 1.82) is 0 Å². The van der Waals surface area contributed by atoms with Gasteiger partial charge in [0, 0.05) is 13.6 Å². The molecule has 0 aliphatic heterocycles. The molecule has 0 aromatic heterocycles. The molecule has 0 heterocycles. The number of phenolic OH excluding ortho intramolecular Hbond substituents is 1. The fourth-order valence-electron chi connectivity index (χ4n) is 1.58. The molecular weight excluding hydrogens is 270 g/mol. The minimum Gasteiger partial charge on any atom is -0.508 e. The van der Waals surface area contributed by atoms with Gasteiger partial charge in [0.05, 0.1) is 17.9 Å². The number of esters is 1. The SMILES string of the molecule is COC(=O)C(C)CN(C)S(=O)(=O)c1cccc(O)c1. The zero-order chi connectivity index (χ0) is 14.6. The average molecular weight is 287 g/mol. The van der Waals surface area contributed by atoms with E-state index in [1.807, 2.05) is 0 Å². The molecule has 106 valence electrons. The summed E-state index contributed by atoms with van der Waals surface area (Å²) in [7, 11) is -1.11. The van der Waals surface area contributed by atoms with E-state index in [-0.39, 0.29) is 17.2 Å². The molecule has 1 aromatic rings. The quantitative estimate of drug-likeness (QED) is 0.811. The molecule has 0 fully saturated rings. The van der Waals surface area contributed by atoms with Crippen molar-refractivity contribution in [3.63, 3.8) is 0 Å². The van der Waals surface area contributed by atoms with Gasteiger partial charge in [0.25, 0.3) is 0 Å². The third-order valence-corrected chi connectivity index (χ3v) is 4.48. The third kappa shape index (κ3) is 3.68. The molecule has 0 bridgehead atoms. The fraction of sp³-hybridized carbons (Fsp3) is 0.417. The molecule has 1 N–H and O–H groups in total. The number of phenols is 1. The third-order valence-electron chi connectivity index (χ3n) is 2.66. The Bertz CT molecular complexity index is 555.